The van der Waals surface area contributed by atoms with Gasteiger partial charge >= 0.3 is 6.61 Å². The molecule has 0 saturated carbocycles. The first kappa shape index (κ1) is 17.1. The van der Waals surface area contributed by atoms with Crippen LogP contribution in [-0.2, 0) is 0 Å². The topological polar surface area (TPSA) is 101 Å². The van der Waals surface area contributed by atoms with E-state index >= 15 is 0 Å². The molecule has 0 radical (unpaired) electrons. The smallest absolute Gasteiger partial charge is 0.387 e. The van der Waals surface area contributed by atoms with Crippen LogP contribution in [0.25, 0.3) is 11.6 Å². The van der Waals surface area contributed by atoms with Gasteiger partial charge in [0.2, 0.25) is 11.9 Å². The average Bonchev–Trinajstić information content (AvgIpc) is 2.53. The van der Waals surface area contributed by atoms with Gasteiger partial charge in [0, 0.05) is 14.1 Å². The number of alkyl halides is 2. The quantitative estimate of drug-likeness (QED) is 0.837. The molecule has 0 saturated heterocycles. The maximum absolute atomic E-state index is 12.1. The number of nitrogen functional groups attached to an aromatic ring is 1. The van der Waals surface area contributed by atoms with Crippen LogP contribution in [0, 0.1) is 11.3 Å². The second-order valence-corrected chi connectivity index (χ2v) is 4.83. The normalized spacial score (nSPS) is 11.2. The van der Waals surface area contributed by atoms with Gasteiger partial charge in [-0.25, -0.2) is 0 Å². The fourth-order valence-corrected chi connectivity index (χ4v) is 1.76. The molecule has 0 aliphatic rings. The molecule has 0 aliphatic carbocycles. The Bertz CT molecular complexity index is 784. The Morgan fingerprint density at radius 1 is 1.25 bits per heavy atom. The van der Waals surface area contributed by atoms with E-state index in [4.69, 9.17) is 5.73 Å². The van der Waals surface area contributed by atoms with Crippen LogP contribution in [0.15, 0.2) is 24.3 Å². The summed E-state index contributed by atoms with van der Waals surface area (Å²) in [5.41, 5.74) is 6.39. The minimum Gasteiger partial charge on any atom is -0.435 e. The Balaban J connectivity index is 2.34. The van der Waals surface area contributed by atoms with E-state index in [1.54, 1.807) is 19.0 Å². The van der Waals surface area contributed by atoms with E-state index in [0.29, 0.717) is 11.5 Å². The summed E-state index contributed by atoms with van der Waals surface area (Å²) in [6.07, 6.45) is 1.51. The summed E-state index contributed by atoms with van der Waals surface area (Å²) in [6, 6.07) is 7.81. The van der Waals surface area contributed by atoms with E-state index < -0.39 is 6.61 Å². The molecule has 0 unspecified atom stereocenters. The van der Waals surface area contributed by atoms with Crippen LogP contribution in [0.2, 0.25) is 0 Å². The molecule has 0 fully saturated rings. The predicted octanol–water partition coefficient (Wildman–Crippen LogP) is 2.19. The third-order valence-electron chi connectivity index (χ3n) is 2.82. The van der Waals surface area contributed by atoms with E-state index in [2.05, 4.69) is 19.7 Å². The third kappa shape index (κ3) is 4.36. The summed E-state index contributed by atoms with van der Waals surface area (Å²) in [5.74, 6) is 0.464. The highest BCUT2D eigenvalue weighted by molar-refractivity contribution is 5.87. The van der Waals surface area contributed by atoms with E-state index in [0.717, 1.165) is 0 Å². The number of anilines is 2. The van der Waals surface area contributed by atoms with Gasteiger partial charge in [-0.1, -0.05) is 12.1 Å². The minimum atomic E-state index is -2.89. The predicted molar refractivity (Wildman–Crippen MR) is 85.1 cm³/mol. The number of ether oxygens (including phenoxy) is 1. The Morgan fingerprint density at radius 3 is 2.46 bits per heavy atom. The number of aromatic nitrogens is 3. The average molecular weight is 332 g/mol. The van der Waals surface area contributed by atoms with Crippen molar-refractivity contribution in [3.8, 4) is 11.8 Å². The van der Waals surface area contributed by atoms with Crippen LogP contribution in [0.3, 0.4) is 0 Å². The third-order valence-corrected chi connectivity index (χ3v) is 2.82. The highest BCUT2D eigenvalue weighted by Gasteiger charge is 2.11. The SMILES string of the molecule is CN(C)c1nc(N)nc(/C(C#N)=C/c2ccc(OC(F)F)cc2)n1. The van der Waals surface area contributed by atoms with E-state index in [9.17, 15) is 14.0 Å². The zero-order chi connectivity index (χ0) is 17.7. The lowest BCUT2D eigenvalue weighted by molar-refractivity contribution is -0.0498. The van der Waals surface area contributed by atoms with Gasteiger partial charge in [0.25, 0.3) is 0 Å². The summed E-state index contributed by atoms with van der Waals surface area (Å²) < 4.78 is 28.5. The summed E-state index contributed by atoms with van der Waals surface area (Å²) in [5, 5.41) is 9.34. The van der Waals surface area contributed by atoms with Crippen molar-refractivity contribution in [1.29, 1.82) is 5.26 Å². The summed E-state index contributed by atoms with van der Waals surface area (Å²) in [4.78, 5) is 13.7. The molecule has 124 valence electrons. The number of nitrogens with two attached hydrogens (primary N) is 1. The minimum absolute atomic E-state index is 0.00877. The first-order chi connectivity index (χ1) is 11.4. The Labute approximate surface area is 137 Å². The second-order valence-electron chi connectivity index (χ2n) is 4.83. The molecule has 7 nitrogen and oxygen atoms in total. The molecule has 1 aromatic carbocycles. The van der Waals surface area contributed by atoms with Crippen LogP contribution >= 0.6 is 0 Å². The van der Waals surface area contributed by atoms with Crippen LogP contribution in [0.4, 0.5) is 20.7 Å². The number of nitriles is 1. The van der Waals surface area contributed by atoms with Crippen LogP contribution in [0.5, 0.6) is 5.75 Å². The van der Waals surface area contributed by atoms with Crippen molar-refractivity contribution in [3.05, 3.63) is 35.7 Å². The van der Waals surface area contributed by atoms with Gasteiger partial charge in [0.05, 0.1) is 5.57 Å². The summed E-state index contributed by atoms with van der Waals surface area (Å²) in [7, 11) is 3.46. The van der Waals surface area contributed by atoms with Crippen molar-refractivity contribution in [3.63, 3.8) is 0 Å². The first-order valence-electron chi connectivity index (χ1n) is 6.75. The first-order valence-corrected chi connectivity index (χ1v) is 6.75. The molecule has 0 aliphatic heterocycles. The molecule has 0 bridgehead atoms. The van der Waals surface area contributed by atoms with Crippen LogP contribution < -0.4 is 15.4 Å². The molecule has 24 heavy (non-hydrogen) atoms. The largest absolute Gasteiger partial charge is 0.435 e. The van der Waals surface area contributed by atoms with E-state index in [-0.39, 0.29) is 23.1 Å². The van der Waals surface area contributed by atoms with Gasteiger partial charge in [-0.2, -0.15) is 29.0 Å². The second kappa shape index (κ2) is 7.32. The zero-order valence-electron chi connectivity index (χ0n) is 12.9. The number of halogens is 2. The van der Waals surface area contributed by atoms with Crippen LogP contribution in [0.1, 0.15) is 11.4 Å². The van der Waals surface area contributed by atoms with Crippen molar-refractivity contribution in [2.24, 2.45) is 0 Å². The van der Waals surface area contributed by atoms with Gasteiger partial charge in [-0.05, 0) is 23.8 Å². The lowest BCUT2D eigenvalue weighted by Crippen LogP contribution is -2.15. The lowest BCUT2D eigenvalue weighted by atomic mass is 10.1. The summed E-state index contributed by atoms with van der Waals surface area (Å²) >= 11 is 0. The Kier molecular flexibility index (Phi) is 5.21. The number of rotatable bonds is 5. The molecule has 9 heteroatoms. The molecule has 2 N–H and O–H groups in total. The molecule has 2 aromatic rings. The molecule has 2 rings (SSSR count). The molecule has 0 amide bonds. The number of benzene rings is 1. The maximum Gasteiger partial charge on any atom is 0.387 e. The van der Waals surface area contributed by atoms with Gasteiger partial charge in [-0.3, -0.25) is 0 Å². The van der Waals surface area contributed by atoms with Gasteiger partial charge in [-0.15, -0.1) is 0 Å². The number of allylic oxidation sites excluding steroid dienone is 1. The molecule has 1 aromatic heterocycles. The maximum atomic E-state index is 12.1. The number of hydrogen-bond acceptors (Lipinski definition) is 7. The van der Waals surface area contributed by atoms with Crippen molar-refractivity contribution < 1.29 is 13.5 Å². The fourth-order valence-electron chi connectivity index (χ4n) is 1.76. The monoisotopic (exact) mass is 332 g/mol. The molecule has 0 spiro atoms. The van der Waals surface area contributed by atoms with Crippen LogP contribution in [-0.4, -0.2) is 35.7 Å². The number of nitrogens with zero attached hydrogens (tertiary/aromatic N) is 5. The Hall–Kier alpha value is -3.28. The van der Waals surface area contributed by atoms with E-state index in [1.807, 2.05) is 6.07 Å². The zero-order valence-corrected chi connectivity index (χ0v) is 12.9. The number of hydrogen-bond donors (Lipinski definition) is 1. The van der Waals surface area contributed by atoms with Gasteiger partial charge < -0.3 is 15.4 Å². The van der Waals surface area contributed by atoms with Crippen molar-refractivity contribution in [1.82, 2.24) is 15.0 Å². The molecular weight excluding hydrogens is 318 g/mol. The Morgan fingerprint density at radius 2 is 1.92 bits per heavy atom. The van der Waals surface area contributed by atoms with E-state index in [1.165, 1.54) is 30.3 Å². The van der Waals surface area contributed by atoms with Gasteiger partial charge in [0.15, 0.2) is 5.82 Å². The highest BCUT2D eigenvalue weighted by atomic mass is 19.3. The molecular formula is C15H14F2N6O. The van der Waals surface area contributed by atoms with Crippen molar-refractivity contribution in [2.75, 3.05) is 24.7 Å². The molecule has 0 atom stereocenters. The van der Waals surface area contributed by atoms with Crippen molar-refractivity contribution >= 4 is 23.5 Å². The van der Waals surface area contributed by atoms with Gasteiger partial charge in [0.1, 0.15) is 11.8 Å². The standard InChI is InChI=1S/C15H14F2N6O/c1-23(2)15-21-12(20-14(19)22-15)10(8-18)7-9-3-5-11(6-4-9)24-13(16)17/h3-7,13H,1-2H3,(H2,19,20,21,22)/b10-7+. The lowest BCUT2D eigenvalue weighted by Gasteiger charge is -2.11. The molecule has 1 heterocycles. The highest BCUT2D eigenvalue weighted by Crippen LogP contribution is 2.20. The fraction of sp³-hybridized carbons (Fsp3) is 0.200. The van der Waals surface area contributed by atoms with Crippen molar-refractivity contribution in [2.45, 2.75) is 6.61 Å². The summed E-state index contributed by atoms with van der Waals surface area (Å²) in [6.45, 7) is -2.89.